The Kier molecular flexibility index (Phi) is 3.68. The van der Waals surface area contributed by atoms with Gasteiger partial charge in [0.25, 0.3) is 0 Å². The maximum atomic E-state index is 11.1. The summed E-state index contributed by atoms with van der Waals surface area (Å²) in [6.45, 7) is 4.33. The second-order valence-corrected chi connectivity index (χ2v) is 4.33. The molecule has 0 aromatic heterocycles. The molecule has 1 aliphatic rings. The third-order valence-electron chi connectivity index (χ3n) is 2.86. The molecule has 5 nitrogen and oxygen atoms in total. The molecule has 1 fully saturated rings. The number of carbonyl (C=O) groups excluding carboxylic acids is 1. The van der Waals surface area contributed by atoms with Crippen molar-refractivity contribution in [2.45, 2.75) is 38.8 Å². The normalized spacial score (nSPS) is 24.3. The van der Waals surface area contributed by atoms with Gasteiger partial charge < -0.3 is 10.8 Å². The Morgan fingerprint density at radius 3 is 2.47 bits per heavy atom. The van der Waals surface area contributed by atoms with Crippen molar-refractivity contribution < 1.29 is 14.7 Å². The smallest absolute Gasteiger partial charge is 0.321 e. The Morgan fingerprint density at radius 1 is 1.47 bits per heavy atom. The van der Waals surface area contributed by atoms with Crippen LogP contribution < -0.4 is 5.73 Å². The van der Waals surface area contributed by atoms with Crippen molar-refractivity contribution in [3.05, 3.63) is 0 Å². The number of primary amides is 1. The number of amides is 1. The fourth-order valence-corrected chi connectivity index (χ4v) is 2.24. The molecule has 0 aromatic carbocycles. The zero-order valence-corrected chi connectivity index (χ0v) is 9.14. The van der Waals surface area contributed by atoms with E-state index in [1.165, 1.54) is 0 Å². The highest BCUT2D eigenvalue weighted by Crippen LogP contribution is 2.23. The van der Waals surface area contributed by atoms with E-state index in [-0.39, 0.29) is 5.92 Å². The van der Waals surface area contributed by atoms with Gasteiger partial charge in [0.1, 0.15) is 6.04 Å². The molecule has 0 radical (unpaired) electrons. The van der Waals surface area contributed by atoms with Crippen LogP contribution in [0.2, 0.25) is 0 Å². The second kappa shape index (κ2) is 4.61. The van der Waals surface area contributed by atoms with E-state index in [9.17, 15) is 9.59 Å². The fourth-order valence-electron chi connectivity index (χ4n) is 2.24. The number of carboxylic acids is 1. The van der Waals surface area contributed by atoms with E-state index < -0.39 is 24.0 Å². The van der Waals surface area contributed by atoms with Crippen molar-refractivity contribution in [2.75, 3.05) is 6.54 Å². The summed E-state index contributed by atoms with van der Waals surface area (Å²) in [5, 5.41) is 9.11. The summed E-state index contributed by atoms with van der Waals surface area (Å²) in [5.41, 5.74) is 5.25. The van der Waals surface area contributed by atoms with Gasteiger partial charge in [0.15, 0.2) is 0 Å². The van der Waals surface area contributed by atoms with Crippen LogP contribution in [0.25, 0.3) is 0 Å². The van der Waals surface area contributed by atoms with Gasteiger partial charge in [-0.05, 0) is 25.3 Å². The molecule has 15 heavy (non-hydrogen) atoms. The molecule has 5 heteroatoms. The van der Waals surface area contributed by atoms with Crippen LogP contribution in [0.1, 0.15) is 26.7 Å². The van der Waals surface area contributed by atoms with Gasteiger partial charge in [-0.15, -0.1) is 0 Å². The quantitative estimate of drug-likeness (QED) is 0.692. The van der Waals surface area contributed by atoms with Crippen molar-refractivity contribution >= 4 is 11.9 Å². The number of rotatable bonds is 4. The predicted octanol–water partition coefficient (Wildman–Crippen LogP) is 0.0453. The van der Waals surface area contributed by atoms with Crippen molar-refractivity contribution in [3.63, 3.8) is 0 Å². The van der Waals surface area contributed by atoms with Crippen LogP contribution in [0, 0.1) is 5.92 Å². The topological polar surface area (TPSA) is 83.6 Å². The molecule has 0 bridgehead atoms. The van der Waals surface area contributed by atoms with Crippen LogP contribution in [-0.4, -0.2) is 40.5 Å². The molecule has 0 aromatic rings. The molecule has 1 rings (SSSR count). The van der Waals surface area contributed by atoms with E-state index >= 15 is 0 Å². The first-order valence-corrected chi connectivity index (χ1v) is 5.23. The molecule has 86 valence electrons. The minimum absolute atomic E-state index is 0.0255. The SMILES string of the molecule is CC(C)C(C(=O)O)N1CCCC1C(N)=O. The van der Waals surface area contributed by atoms with E-state index in [2.05, 4.69) is 0 Å². The summed E-state index contributed by atoms with van der Waals surface area (Å²) >= 11 is 0. The molecule has 0 saturated carbocycles. The van der Waals surface area contributed by atoms with Gasteiger partial charge in [0.2, 0.25) is 5.91 Å². The largest absolute Gasteiger partial charge is 0.480 e. The van der Waals surface area contributed by atoms with Gasteiger partial charge in [-0.3, -0.25) is 14.5 Å². The molecule has 1 amide bonds. The summed E-state index contributed by atoms with van der Waals surface area (Å²) in [5.74, 6) is -1.32. The number of carbonyl (C=O) groups is 2. The van der Waals surface area contributed by atoms with Crippen LogP contribution in [-0.2, 0) is 9.59 Å². The average Bonchev–Trinajstić information content (AvgIpc) is 2.51. The first-order valence-electron chi connectivity index (χ1n) is 5.23. The predicted molar refractivity (Wildman–Crippen MR) is 55.2 cm³/mol. The highest BCUT2D eigenvalue weighted by atomic mass is 16.4. The van der Waals surface area contributed by atoms with Gasteiger partial charge in [-0.1, -0.05) is 13.8 Å². The minimum Gasteiger partial charge on any atom is -0.480 e. The lowest BCUT2D eigenvalue weighted by atomic mass is 10.0. The summed E-state index contributed by atoms with van der Waals surface area (Å²) in [6.07, 6.45) is 1.51. The summed E-state index contributed by atoms with van der Waals surface area (Å²) < 4.78 is 0. The third-order valence-corrected chi connectivity index (χ3v) is 2.86. The lowest BCUT2D eigenvalue weighted by Crippen LogP contribution is -2.51. The van der Waals surface area contributed by atoms with Crippen molar-refractivity contribution in [2.24, 2.45) is 11.7 Å². The van der Waals surface area contributed by atoms with Crippen molar-refractivity contribution in [3.8, 4) is 0 Å². The Labute approximate surface area is 89.2 Å². The maximum Gasteiger partial charge on any atom is 0.321 e. The Balaban J connectivity index is 2.83. The first-order chi connectivity index (χ1) is 6.95. The molecule has 2 unspecified atom stereocenters. The van der Waals surface area contributed by atoms with Crippen molar-refractivity contribution in [1.29, 1.82) is 0 Å². The molecule has 0 spiro atoms. The lowest BCUT2D eigenvalue weighted by Gasteiger charge is -2.30. The van der Waals surface area contributed by atoms with Crippen molar-refractivity contribution in [1.82, 2.24) is 4.90 Å². The highest BCUT2D eigenvalue weighted by molar-refractivity contribution is 5.82. The number of nitrogens with two attached hydrogens (primary N) is 1. The number of aliphatic carboxylic acids is 1. The zero-order chi connectivity index (χ0) is 11.6. The van der Waals surface area contributed by atoms with Crippen LogP contribution in [0.4, 0.5) is 0 Å². The van der Waals surface area contributed by atoms with E-state index in [4.69, 9.17) is 10.8 Å². The molecular formula is C10H18N2O3. The van der Waals surface area contributed by atoms with Crippen LogP contribution in [0.3, 0.4) is 0 Å². The number of nitrogens with zero attached hydrogens (tertiary/aromatic N) is 1. The molecule has 1 saturated heterocycles. The van der Waals surface area contributed by atoms with Crippen LogP contribution in [0.15, 0.2) is 0 Å². The first kappa shape index (κ1) is 12.0. The standard InChI is InChI=1S/C10H18N2O3/c1-6(2)8(10(14)15)12-5-3-4-7(12)9(11)13/h6-8H,3-5H2,1-2H3,(H2,11,13)(H,14,15). The molecule has 1 heterocycles. The van der Waals surface area contributed by atoms with Gasteiger partial charge in [0, 0.05) is 0 Å². The monoisotopic (exact) mass is 214 g/mol. The number of likely N-dealkylation sites (tertiary alicyclic amines) is 1. The molecule has 2 atom stereocenters. The van der Waals surface area contributed by atoms with E-state index in [1.54, 1.807) is 4.90 Å². The van der Waals surface area contributed by atoms with E-state index in [1.807, 2.05) is 13.8 Å². The molecule has 0 aliphatic carbocycles. The van der Waals surface area contributed by atoms with Gasteiger partial charge in [0.05, 0.1) is 6.04 Å². The van der Waals surface area contributed by atoms with E-state index in [0.29, 0.717) is 13.0 Å². The van der Waals surface area contributed by atoms with Gasteiger partial charge >= 0.3 is 5.97 Å². The van der Waals surface area contributed by atoms with Crippen LogP contribution in [0.5, 0.6) is 0 Å². The second-order valence-electron chi connectivity index (χ2n) is 4.33. The van der Waals surface area contributed by atoms with Gasteiger partial charge in [-0.2, -0.15) is 0 Å². The molecule has 1 aliphatic heterocycles. The molecular weight excluding hydrogens is 196 g/mol. The van der Waals surface area contributed by atoms with E-state index in [0.717, 1.165) is 6.42 Å². The minimum atomic E-state index is -0.877. The maximum absolute atomic E-state index is 11.1. The zero-order valence-electron chi connectivity index (χ0n) is 9.14. The summed E-state index contributed by atoms with van der Waals surface area (Å²) in [7, 11) is 0. The summed E-state index contributed by atoms with van der Waals surface area (Å²) in [4.78, 5) is 24.0. The number of hydrogen-bond donors (Lipinski definition) is 2. The number of hydrogen-bond acceptors (Lipinski definition) is 3. The lowest BCUT2D eigenvalue weighted by molar-refractivity contribution is -0.146. The summed E-state index contributed by atoms with van der Waals surface area (Å²) in [6, 6.07) is -1.02. The van der Waals surface area contributed by atoms with Gasteiger partial charge in [-0.25, -0.2) is 0 Å². The third kappa shape index (κ3) is 2.47. The van der Waals surface area contributed by atoms with Crippen LogP contribution >= 0.6 is 0 Å². The fraction of sp³-hybridized carbons (Fsp3) is 0.800. The Bertz CT molecular complexity index is 265. The Morgan fingerprint density at radius 2 is 2.07 bits per heavy atom. The Hall–Kier alpha value is -1.10. The number of carboxylic acid groups (broad SMARTS) is 1. The molecule has 3 N–H and O–H groups in total. The highest BCUT2D eigenvalue weighted by Gasteiger charge is 2.38. The average molecular weight is 214 g/mol.